The second kappa shape index (κ2) is 8.38. The lowest BCUT2D eigenvalue weighted by Crippen LogP contribution is -2.33. The van der Waals surface area contributed by atoms with Crippen molar-refractivity contribution in [2.75, 3.05) is 13.1 Å². The van der Waals surface area contributed by atoms with Crippen LogP contribution in [0.5, 0.6) is 5.75 Å². The van der Waals surface area contributed by atoms with Gasteiger partial charge in [-0.3, -0.25) is 9.30 Å². The summed E-state index contributed by atoms with van der Waals surface area (Å²) in [4.78, 5) is 6.62. The van der Waals surface area contributed by atoms with Crippen molar-refractivity contribution in [3.05, 3.63) is 60.4 Å². The largest absolute Gasteiger partial charge is 0.434 e. The smallest absolute Gasteiger partial charge is 0.387 e. The van der Waals surface area contributed by atoms with Crippen molar-refractivity contribution >= 4 is 5.65 Å². The summed E-state index contributed by atoms with van der Waals surface area (Å²) in [5.74, 6) is 2.02. The number of aromatic nitrogens is 5. The van der Waals surface area contributed by atoms with Crippen LogP contribution in [0.1, 0.15) is 30.5 Å². The fraction of sp³-hybridized carbons (Fsp3) is 0.333. The highest BCUT2D eigenvalue weighted by Gasteiger charge is 2.26. The third-order valence-electron chi connectivity index (χ3n) is 5.46. The molecule has 1 fully saturated rings. The maximum Gasteiger partial charge on any atom is 0.387 e. The number of nitrogens with zero attached hydrogens (tertiary/aromatic N) is 6. The fourth-order valence-electron chi connectivity index (χ4n) is 3.96. The first-order valence-corrected chi connectivity index (χ1v) is 10.1. The first kappa shape index (κ1) is 19.6. The van der Waals surface area contributed by atoms with Crippen LogP contribution in [0.3, 0.4) is 0 Å². The van der Waals surface area contributed by atoms with E-state index in [9.17, 15) is 8.78 Å². The van der Waals surface area contributed by atoms with Crippen molar-refractivity contribution < 1.29 is 18.0 Å². The van der Waals surface area contributed by atoms with Gasteiger partial charge in [-0.15, -0.1) is 10.2 Å². The molecule has 0 bridgehead atoms. The molecule has 0 amide bonds. The van der Waals surface area contributed by atoms with Gasteiger partial charge in [0.05, 0.1) is 12.1 Å². The van der Waals surface area contributed by atoms with Crippen molar-refractivity contribution in [1.29, 1.82) is 0 Å². The Balaban J connectivity index is 1.23. The average molecular weight is 426 g/mol. The SMILES string of the molecule is FC(F)Oc1ccccc1-c1noc(CN2CCC(c3nnc4ccccn34)CC2)n1. The van der Waals surface area contributed by atoms with Gasteiger partial charge in [-0.1, -0.05) is 23.4 Å². The van der Waals surface area contributed by atoms with Crippen molar-refractivity contribution in [3.8, 4) is 17.1 Å². The molecule has 0 aliphatic carbocycles. The number of pyridine rings is 1. The highest BCUT2D eigenvalue weighted by molar-refractivity contribution is 5.63. The molecule has 10 heteroatoms. The Morgan fingerprint density at radius 1 is 1.06 bits per heavy atom. The molecule has 160 valence electrons. The summed E-state index contributed by atoms with van der Waals surface area (Å²) in [5.41, 5.74) is 1.23. The van der Waals surface area contributed by atoms with E-state index in [-0.39, 0.29) is 11.6 Å². The molecule has 0 unspecified atom stereocenters. The minimum Gasteiger partial charge on any atom is -0.434 e. The van der Waals surface area contributed by atoms with Gasteiger partial charge in [-0.25, -0.2) is 0 Å². The lowest BCUT2D eigenvalue weighted by molar-refractivity contribution is -0.0494. The molecule has 1 aliphatic rings. The first-order chi connectivity index (χ1) is 15.2. The van der Waals surface area contributed by atoms with Gasteiger partial charge < -0.3 is 9.26 Å². The Kier molecular flexibility index (Phi) is 5.29. The highest BCUT2D eigenvalue weighted by Crippen LogP contribution is 2.30. The third kappa shape index (κ3) is 4.11. The molecule has 1 aromatic carbocycles. The summed E-state index contributed by atoms with van der Waals surface area (Å²) in [7, 11) is 0. The number of ether oxygens (including phenoxy) is 1. The molecule has 0 atom stereocenters. The van der Waals surface area contributed by atoms with E-state index in [0.29, 0.717) is 23.9 Å². The van der Waals surface area contributed by atoms with Crippen LogP contribution in [-0.4, -0.2) is 49.3 Å². The normalized spacial score (nSPS) is 15.7. The lowest BCUT2D eigenvalue weighted by atomic mass is 9.96. The third-order valence-corrected chi connectivity index (χ3v) is 5.46. The van der Waals surface area contributed by atoms with Crippen LogP contribution < -0.4 is 4.74 Å². The number of hydrogen-bond acceptors (Lipinski definition) is 7. The van der Waals surface area contributed by atoms with Crippen molar-refractivity contribution in [3.63, 3.8) is 0 Å². The molecule has 4 heterocycles. The van der Waals surface area contributed by atoms with Gasteiger partial charge in [-0.05, 0) is 50.2 Å². The predicted molar refractivity (Wildman–Crippen MR) is 107 cm³/mol. The van der Waals surface area contributed by atoms with Crippen LogP contribution in [0.15, 0.2) is 53.2 Å². The van der Waals surface area contributed by atoms with E-state index in [2.05, 4.69) is 30.0 Å². The minimum absolute atomic E-state index is 0.0196. The number of likely N-dealkylation sites (tertiary alicyclic amines) is 1. The molecule has 1 saturated heterocycles. The maximum absolute atomic E-state index is 12.6. The van der Waals surface area contributed by atoms with Gasteiger partial charge in [0.15, 0.2) is 5.65 Å². The zero-order chi connectivity index (χ0) is 21.2. The molecule has 8 nitrogen and oxygen atoms in total. The lowest BCUT2D eigenvalue weighted by Gasteiger charge is -2.29. The minimum atomic E-state index is -2.92. The topological polar surface area (TPSA) is 81.6 Å². The van der Waals surface area contributed by atoms with Gasteiger partial charge in [-0.2, -0.15) is 13.8 Å². The van der Waals surface area contributed by atoms with Crippen LogP contribution in [0.2, 0.25) is 0 Å². The number of hydrogen-bond donors (Lipinski definition) is 0. The van der Waals surface area contributed by atoms with Gasteiger partial charge in [0.1, 0.15) is 11.6 Å². The van der Waals surface area contributed by atoms with Crippen LogP contribution in [-0.2, 0) is 6.54 Å². The van der Waals surface area contributed by atoms with Crippen molar-refractivity contribution in [2.24, 2.45) is 0 Å². The molecule has 31 heavy (non-hydrogen) atoms. The van der Waals surface area contributed by atoms with Gasteiger partial charge >= 0.3 is 6.61 Å². The summed E-state index contributed by atoms with van der Waals surface area (Å²) in [6, 6.07) is 12.3. The molecule has 0 radical (unpaired) electrons. The van der Waals surface area contributed by atoms with Crippen molar-refractivity contribution in [2.45, 2.75) is 31.9 Å². The molecule has 3 aromatic heterocycles. The zero-order valence-electron chi connectivity index (χ0n) is 16.6. The second-order valence-corrected chi connectivity index (χ2v) is 7.42. The average Bonchev–Trinajstić information content (AvgIpc) is 3.42. The number of benzene rings is 1. The summed E-state index contributed by atoms with van der Waals surface area (Å²) in [6.45, 7) is -0.709. The number of halogens is 2. The Bertz CT molecular complexity index is 1170. The zero-order valence-corrected chi connectivity index (χ0v) is 16.6. The number of fused-ring (bicyclic) bond motifs is 1. The Hall–Kier alpha value is -3.40. The van der Waals surface area contributed by atoms with E-state index < -0.39 is 6.61 Å². The Morgan fingerprint density at radius 3 is 2.71 bits per heavy atom. The van der Waals surface area contributed by atoms with E-state index >= 15 is 0 Å². The first-order valence-electron chi connectivity index (χ1n) is 10.1. The van der Waals surface area contributed by atoms with E-state index in [1.807, 2.05) is 28.8 Å². The standard InChI is InChI=1S/C21H20F2N6O2/c22-21(23)30-16-6-2-1-5-15(16)19-24-18(31-27-19)13-28-11-8-14(9-12-28)20-26-25-17-7-3-4-10-29(17)20/h1-7,10,14,21H,8-9,11-13H2. The van der Waals surface area contributed by atoms with Gasteiger partial charge in [0.25, 0.3) is 0 Å². The van der Waals surface area contributed by atoms with Crippen molar-refractivity contribution in [1.82, 2.24) is 29.6 Å². The summed E-state index contributed by atoms with van der Waals surface area (Å²) in [5, 5.41) is 12.6. The Morgan fingerprint density at radius 2 is 1.87 bits per heavy atom. The molecular formula is C21H20F2N6O2. The van der Waals surface area contributed by atoms with Crippen LogP contribution in [0.25, 0.3) is 17.0 Å². The maximum atomic E-state index is 12.6. The molecule has 0 spiro atoms. The van der Waals surface area contributed by atoms with Gasteiger partial charge in [0.2, 0.25) is 11.7 Å². The van der Waals surface area contributed by atoms with E-state index in [1.54, 1.807) is 18.2 Å². The summed E-state index contributed by atoms with van der Waals surface area (Å²) >= 11 is 0. The molecule has 5 rings (SSSR count). The molecule has 1 aliphatic heterocycles. The van der Waals surface area contributed by atoms with E-state index in [0.717, 1.165) is 37.4 Å². The molecule has 0 N–H and O–H groups in total. The van der Waals surface area contributed by atoms with E-state index in [1.165, 1.54) is 6.07 Å². The highest BCUT2D eigenvalue weighted by atomic mass is 19.3. The summed E-state index contributed by atoms with van der Waals surface area (Å²) < 4.78 is 37.3. The number of rotatable bonds is 6. The molecule has 4 aromatic rings. The van der Waals surface area contributed by atoms with E-state index in [4.69, 9.17) is 4.52 Å². The quantitative estimate of drug-likeness (QED) is 0.464. The number of piperidine rings is 1. The predicted octanol–water partition coefficient (Wildman–Crippen LogP) is 3.76. The fourth-order valence-corrected chi connectivity index (χ4v) is 3.96. The van der Waals surface area contributed by atoms with Gasteiger partial charge in [0, 0.05) is 12.1 Å². The van der Waals surface area contributed by atoms with Crippen LogP contribution in [0, 0.1) is 0 Å². The second-order valence-electron chi connectivity index (χ2n) is 7.42. The molecule has 0 saturated carbocycles. The number of alkyl halides is 2. The van der Waals surface area contributed by atoms with Crippen LogP contribution in [0.4, 0.5) is 8.78 Å². The van der Waals surface area contributed by atoms with Crippen LogP contribution >= 0.6 is 0 Å². The Labute approximate surface area is 176 Å². The number of para-hydroxylation sites is 1. The molecular weight excluding hydrogens is 406 g/mol. The monoisotopic (exact) mass is 426 g/mol. The summed E-state index contributed by atoms with van der Waals surface area (Å²) in [6.07, 6.45) is 3.89.